The summed E-state index contributed by atoms with van der Waals surface area (Å²) in [7, 11) is 0. The summed E-state index contributed by atoms with van der Waals surface area (Å²) >= 11 is 0. The fraction of sp³-hybridized carbons (Fsp3) is 0.769. The first-order valence-electron chi connectivity index (χ1n) is 6.43. The molecule has 0 aliphatic carbocycles. The zero-order valence-electron chi connectivity index (χ0n) is 11.9. The molecule has 0 amide bonds. The summed E-state index contributed by atoms with van der Waals surface area (Å²) in [5.74, 6) is -0.887. The number of nitrogens with two attached hydrogens (primary N) is 1. The van der Waals surface area contributed by atoms with Gasteiger partial charge in [-0.05, 0) is 12.8 Å². The molecule has 0 saturated carbocycles. The Morgan fingerprint density at radius 3 is 2.00 bits per heavy atom. The lowest BCUT2D eigenvalue weighted by atomic mass is 10.1. The Hall–Kier alpha value is -0.950. The van der Waals surface area contributed by atoms with Gasteiger partial charge in [0.1, 0.15) is 0 Å². The van der Waals surface area contributed by atoms with Gasteiger partial charge in [-0.2, -0.15) is 0 Å². The highest BCUT2D eigenvalue weighted by molar-refractivity contribution is 5.69. The molecule has 19 heavy (non-hydrogen) atoms. The van der Waals surface area contributed by atoms with Crippen molar-refractivity contribution in [2.45, 2.75) is 51.9 Å². The van der Waals surface area contributed by atoms with Gasteiger partial charge in [-0.1, -0.05) is 32.9 Å². The number of carboxylic acids is 1. The van der Waals surface area contributed by atoms with Crippen LogP contribution in [0.3, 0.4) is 0 Å². The van der Waals surface area contributed by atoms with E-state index in [0.717, 1.165) is 6.42 Å². The zero-order valence-corrected chi connectivity index (χ0v) is 11.9. The molecule has 0 saturated heterocycles. The second kappa shape index (κ2) is 12.1. The Kier molecular flexibility index (Phi) is 13.0. The molecule has 0 aromatic heterocycles. The normalized spacial score (nSPS) is 17.2. The van der Waals surface area contributed by atoms with E-state index in [-0.39, 0.29) is 12.5 Å². The van der Waals surface area contributed by atoms with E-state index in [9.17, 15) is 9.90 Å². The molecule has 0 fully saturated rings. The lowest BCUT2D eigenvalue weighted by molar-refractivity contribution is -0.141. The van der Waals surface area contributed by atoms with Crippen molar-refractivity contribution in [3.05, 3.63) is 12.2 Å². The van der Waals surface area contributed by atoms with Gasteiger partial charge >= 0.3 is 5.97 Å². The van der Waals surface area contributed by atoms with Crippen LogP contribution in [-0.4, -0.2) is 51.3 Å². The minimum absolute atomic E-state index is 0.181. The SMILES string of the molecule is CCC(C)C(=O)O.CCC(O)C=CC(O)C(N)CO. The topological polar surface area (TPSA) is 124 Å². The van der Waals surface area contributed by atoms with Gasteiger partial charge in [0.15, 0.2) is 0 Å². The van der Waals surface area contributed by atoms with E-state index in [2.05, 4.69) is 0 Å². The molecule has 0 bridgehead atoms. The van der Waals surface area contributed by atoms with E-state index < -0.39 is 24.2 Å². The molecule has 4 atom stereocenters. The third-order valence-electron chi connectivity index (χ3n) is 2.63. The lowest BCUT2D eigenvalue weighted by Crippen LogP contribution is -2.36. The van der Waals surface area contributed by atoms with E-state index in [1.54, 1.807) is 6.92 Å². The molecule has 0 aromatic carbocycles. The number of hydrogen-bond donors (Lipinski definition) is 5. The number of carboxylic acid groups (broad SMARTS) is 1. The van der Waals surface area contributed by atoms with Crippen LogP contribution in [0, 0.1) is 5.92 Å². The van der Waals surface area contributed by atoms with Crippen LogP contribution in [0.15, 0.2) is 12.2 Å². The largest absolute Gasteiger partial charge is 0.481 e. The van der Waals surface area contributed by atoms with Gasteiger partial charge in [-0.3, -0.25) is 4.79 Å². The van der Waals surface area contributed by atoms with Crippen LogP contribution in [0.1, 0.15) is 33.6 Å². The summed E-state index contributed by atoms with van der Waals surface area (Å²) in [6, 6.07) is -0.676. The first-order chi connectivity index (χ1) is 8.79. The molecule has 6 heteroatoms. The molecule has 6 nitrogen and oxygen atoms in total. The fourth-order valence-electron chi connectivity index (χ4n) is 0.804. The number of aliphatic hydroxyl groups is 3. The Morgan fingerprint density at radius 2 is 1.74 bits per heavy atom. The molecule has 6 N–H and O–H groups in total. The highest BCUT2D eigenvalue weighted by atomic mass is 16.4. The summed E-state index contributed by atoms with van der Waals surface area (Å²) in [5.41, 5.74) is 5.31. The molecule has 114 valence electrons. The van der Waals surface area contributed by atoms with Gasteiger partial charge < -0.3 is 26.2 Å². The second-order valence-corrected chi connectivity index (χ2v) is 4.35. The zero-order chi connectivity index (χ0) is 15.4. The van der Waals surface area contributed by atoms with Gasteiger partial charge in [-0.25, -0.2) is 0 Å². The Bertz CT molecular complexity index is 257. The fourth-order valence-corrected chi connectivity index (χ4v) is 0.804. The van der Waals surface area contributed by atoms with Crippen LogP contribution in [0.5, 0.6) is 0 Å². The van der Waals surface area contributed by atoms with Gasteiger partial charge in [0, 0.05) is 0 Å². The summed E-state index contributed by atoms with van der Waals surface area (Å²) in [5, 5.41) is 35.0. The average molecular weight is 277 g/mol. The minimum Gasteiger partial charge on any atom is -0.481 e. The van der Waals surface area contributed by atoms with Crippen molar-refractivity contribution >= 4 is 5.97 Å². The molecule has 4 unspecified atom stereocenters. The second-order valence-electron chi connectivity index (χ2n) is 4.35. The quantitative estimate of drug-likeness (QED) is 0.421. The number of aliphatic carboxylic acids is 1. The van der Waals surface area contributed by atoms with Gasteiger partial charge in [0.05, 0.1) is 30.8 Å². The van der Waals surface area contributed by atoms with E-state index in [4.69, 9.17) is 21.1 Å². The number of carbonyl (C=O) groups is 1. The lowest BCUT2D eigenvalue weighted by Gasteiger charge is -2.12. The predicted octanol–water partition coefficient (Wildman–Crippen LogP) is 0.111. The Morgan fingerprint density at radius 1 is 1.21 bits per heavy atom. The highest BCUT2D eigenvalue weighted by Crippen LogP contribution is 1.98. The van der Waals surface area contributed by atoms with Crippen molar-refractivity contribution in [1.82, 2.24) is 0 Å². The Labute approximate surface area is 114 Å². The predicted molar refractivity (Wildman–Crippen MR) is 73.6 cm³/mol. The molecular weight excluding hydrogens is 250 g/mol. The summed E-state index contributed by atoms with van der Waals surface area (Å²) in [6.07, 6.45) is 2.74. The molecule has 0 aromatic rings. The molecule has 0 aliphatic heterocycles. The average Bonchev–Trinajstić information content (AvgIpc) is 2.42. The van der Waals surface area contributed by atoms with Crippen LogP contribution >= 0.6 is 0 Å². The smallest absolute Gasteiger partial charge is 0.306 e. The van der Waals surface area contributed by atoms with Gasteiger partial charge in [-0.15, -0.1) is 0 Å². The maximum Gasteiger partial charge on any atom is 0.306 e. The van der Waals surface area contributed by atoms with Crippen molar-refractivity contribution < 1.29 is 25.2 Å². The van der Waals surface area contributed by atoms with Crippen molar-refractivity contribution in [3.8, 4) is 0 Å². The third kappa shape index (κ3) is 11.9. The first kappa shape index (κ1) is 20.4. The van der Waals surface area contributed by atoms with Crippen LogP contribution in [0.25, 0.3) is 0 Å². The van der Waals surface area contributed by atoms with Crippen molar-refractivity contribution in [3.63, 3.8) is 0 Å². The third-order valence-corrected chi connectivity index (χ3v) is 2.63. The van der Waals surface area contributed by atoms with E-state index >= 15 is 0 Å². The van der Waals surface area contributed by atoms with E-state index in [1.807, 2.05) is 13.8 Å². The van der Waals surface area contributed by atoms with Crippen molar-refractivity contribution in [2.24, 2.45) is 11.7 Å². The van der Waals surface area contributed by atoms with E-state index in [0.29, 0.717) is 6.42 Å². The van der Waals surface area contributed by atoms with Crippen LogP contribution in [-0.2, 0) is 4.79 Å². The molecule has 0 rings (SSSR count). The minimum atomic E-state index is -0.892. The van der Waals surface area contributed by atoms with Gasteiger partial charge in [0.2, 0.25) is 0 Å². The Balaban J connectivity index is 0. The van der Waals surface area contributed by atoms with Gasteiger partial charge in [0.25, 0.3) is 0 Å². The number of rotatable bonds is 7. The number of hydrogen-bond acceptors (Lipinski definition) is 5. The van der Waals surface area contributed by atoms with Crippen LogP contribution in [0.4, 0.5) is 0 Å². The molecule has 0 heterocycles. The van der Waals surface area contributed by atoms with Crippen molar-refractivity contribution in [1.29, 1.82) is 0 Å². The maximum atomic E-state index is 9.93. The number of aliphatic hydroxyl groups excluding tert-OH is 3. The molecular formula is C13H27NO5. The van der Waals surface area contributed by atoms with E-state index in [1.165, 1.54) is 12.2 Å². The highest BCUT2D eigenvalue weighted by Gasteiger charge is 2.09. The van der Waals surface area contributed by atoms with Crippen LogP contribution < -0.4 is 5.73 Å². The summed E-state index contributed by atoms with van der Waals surface area (Å²) < 4.78 is 0. The van der Waals surface area contributed by atoms with Crippen molar-refractivity contribution in [2.75, 3.05) is 6.61 Å². The first-order valence-corrected chi connectivity index (χ1v) is 6.43. The standard InChI is InChI=1S/C8H17NO3.C5H10O2/c1-2-6(11)3-4-8(12)7(9)5-10;1-3-4(2)5(6)7/h3-4,6-8,10-12H,2,5,9H2,1H3;4H,3H2,1-2H3,(H,6,7). The summed E-state index contributed by atoms with van der Waals surface area (Å²) in [4.78, 5) is 9.93. The monoisotopic (exact) mass is 277 g/mol. The molecule has 0 spiro atoms. The summed E-state index contributed by atoms with van der Waals surface area (Å²) in [6.45, 7) is 5.11. The molecule has 0 radical (unpaired) electrons. The molecule has 0 aliphatic rings. The maximum absolute atomic E-state index is 9.93. The van der Waals surface area contributed by atoms with Crippen LogP contribution in [0.2, 0.25) is 0 Å².